The van der Waals surface area contributed by atoms with Gasteiger partial charge in [-0.2, -0.15) is 0 Å². The van der Waals surface area contributed by atoms with Crippen molar-refractivity contribution in [2.75, 3.05) is 10.6 Å². The zero-order valence-electron chi connectivity index (χ0n) is 12.4. The summed E-state index contributed by atoms with van der Waals surface area (Å²) in [5, 5.41) is 14.0. The van der Waals surface area contributed by atoms with Gasteiger partial charge in [-0.25, -0.2) is 9.48 Å². The Balaban J connectivity index is 1.94. The molecule has 112 valence electrons. The number of carbonyl (C=O) groups excluding carboxylic acids is 1. The molecule has 2 rings (SSSR count). The molecule has 2 amide bonds. The van der Waals surface area contributed by atoms with E-state index in [0.717, 1.165) is 11.4 Å². The van der Waals surface area contributed by atoms with E-state index in [2.05, 4.69) is 41.7 Å². The molecule has 0 aliphatic carbocycles. The molecule has 0 fully saturated rings. The van der Waals surface area contributed by atoms with Crippen molar-refractivity contribution in [1.29, 1.82) is 0 Å². The fourth-order valence-corrected chi connectivity index (χ4v) is 1.71. The van der Waals surface area contributed by atoms with Crippen LogP contribution >= 0.6 is 0 Å². The van der Waals surface area contributed by atoms with E-state index in [-0.39, 0.29) is 5.54 Å². The number of benzene rings is 1. The Labute approximate surface area is 123 Å². The lowest BCUT2D eigenvalue weighted by molar-refractivity contribution is 0.259. The number of nitrogens with one attached hydrogen (secondary N) is 2. The van der Waals surface area contributed by atoms with E-state index < -0.39 is 6.03 Å². The van der Waals surface area contributed by atoms with Crippen molar-refractivity contribution in [2.45, 2.75) is 32.9 Å². The smallest absolute Gasteiger partial charge is 0.316 e. The van der Waals surface area contributed by atoms with Crippen LogP contribution < -0.4 is 16.4 Å². The van der Waals surface area contributed by atoms with E-state index in [4.69, 9.17) is 5.73 Å². The number of urea groups is 1. The number of primary amides is 1. The number of aromatic nitrogens is 3. The third-order valence-electron chi connectivity index (χ3n) is 2.85. The number of rotatable bonds is 4. The number of carbonyl (C=O) groups is 1. The van der Waals surface area contributed by atoms with Gasteiger partial charge in [0.1, 0.15) is 5.69 Å². The second-order valence-electron chi connectivity index (χ2n) is 5.75. The molecule has 21 heavy (non-hydrogen) atoms. The number of hydrogen-bond donors (Lipinski definition) is 3. The minimum Gasteiger partial charge on any atom is -0.379 e. The van der Waals surface area contributed by atoms with Gasteiger partial charge in [0.15, 0.2) is 0 Å². The number of anilines is 2. The first-order chi connectivity index (χ1) is 9.84. The van der Waals surface area contributed by atoms with Crippen LogP contribution in [0.2, 0.25) is 0 Å². The van der Waals surface area contributed by atoms with Gasteiger partial charge in [-0.05, 0) is 45.0 Å². The molecule has 1 aromatic carbocycles. The maximum absolute atomic E-state index is 10.7. The zero-order chi connectivity index (χ0) is 15.5. The summed E-state index contributed by atoms with van der Waals surface area (Å²) in [7, 11) is 0. The van der Waals surface area contributed by atoms with Crippen LogP contribution in [0.3, 0.4) is 0 Å². The molecule has 0 atom stereocenters. The zero-order valence-corrected chi connectivity index (χ0v) is 12.4. The summed E-state index contributed by atoms with van der Waals surface area (Å²) >= 11 is 0. The topological polar surface area (TPSA) is 97.9 Å². The summed E-state index contributed by atoms with van der Waals surface area (Å²) in [6.45, 7) is 6.80. The molecular weight excluding hydrogens is 268 g/mol. The summed E-state index contributed by atoms with van der Waals surface area (Å²) in [6, 6.07) is 6.70. The first-order valence-electron chi connectivity index (χ1n) is 6.67. The Kier molecular flexibility index (Phi) is 4.11. The van der Waals surface area contributed by atoms with Crippen molar-refractivity contribution >= 4 is 17.4 Å². The van der Waals surface area contributed by atoms with Gasteiger partial charge in [-0.1, -0.05) is 5.21 Å². The third kappa shape index (κ3) is 4.20. The maximum atomic E-state index is 10.7. The highest BCUT2D eigenvalue weighted by molar-refractivity contribution is 5.87. The highest BCUT2D eigenvalue weighted by atomic mass is 16.2. The van der Waals surface area contributed by atoms with E-state index in [1.807, 2.05) is 23.0 Å². The number of amides is 2. The lowest BCUT2D eigenvalue weighted by atomic mass is 10.1. The Morgan fingerprint density at radius 2 is 1.86 bits per heavy atom. The van der Waals surface area contributed by atoms with Gasteiger partial charge in [0.2, 0.25) is 0 Å². The summed E-state index contributed by atoms with van der Waals surface area (Å²) in [5.41, 5.74) is 7.43. The van der Waals surface area contributed by atoms with Crippen molar-refractivity contribution in [1.82, 2.24) is 15.0 Å². The predicted octanol–water partition coefficient (Wildman–Crippen LogP) is 2.14. The molecule has 0 unspecified atom stereocenters. The fourth-order valence-electron chi connectivity index (χ4n) is 1.71. The van der Waals surface area contributed by atoms with Gasteiger partial charge >= 0.3 is 6.03 Å². The van der Waals surface area contributed by atoms with Crippen LogP contribution in [0.15, 0.2) is 30.5 Å². The van der Waals surface area contributed by atoms with Gasteiger partial charge in [0.05, 0.1) is 18.3 Å². The van der Waals surface area contributed by atoms with Gasteiger partial charge < -0.3 is 16.4 Å². The molecule has 0 aliphatic heterocycles. The first kappa shape index (κ1) is 14.8. The Hall–Kier alpha value is -2.57. The van der Waals surface area contributed by atoms with Gasteiger partial charge in [-0.15, -0.1) is 5.10 Å². The summed E-state index contributed by atoms with van der Waals surface area (Å²) in [4.78, 5) is 10.7. The Morgan fingerprint density at radius 1 is 1.24 bits per heavy atom. The first-order valence-corrected chi connectivity index (χ1v) is 6.67. The lowest BCUT2D eigenvalue weighted by Crippen LogP contribution is -2.22. The number of hydrogen-bond acceptors (Lipinski definition) is 4. The van der Waals surface area contributed by atoms with Crippen LogP contribution in [-0.2, 0) is 12.1 Å². The number of nitrogens with two attached hydrogens (primary N) is 1. The van der Waals surface area contributed by atoms with E-state index in [9.17, 15) is 4.79 Å². The SMILES string of the molecule is CC(C)(C)n1cc(CNc2ccc(NC(N)=O)cc2)nn1. The quantitative estimate of drug-likeness (QED) is 0.802. The summed E-state index contributed by atoms with van der Waals surface area (Å²) < 4.78 is 1.84. The molecule has 0 spiro atoms. The standard InChI is InChI=1S/C14H20N6O/c1-14(2,3)20-9-12(18-19-20)8-16-10-4-6-11(7-5-10)17-13(15)21/h4-7,9,16H,8H2,1-3H3,(H3,15,17,21). The second kappa shape index (κ2) is 5.82. The Morgan fingerprint density at radius 3 is 2.38 bits per heavy atom. The molecule has 1 aromatic heterocycles. The van der Waals surface area contributed by atoms with E-state index >= 15 is 0 Å². The minimum absolute atomic E-state index is 0.0761. The van der Waals surface area contributed by atoms with Crippen LogP contribution in [0.4, 0.5) is 16.2 Å². The molecule has 2 aromatic rings. The molecule has 0 saturated carbocycles. The van der Waals surface area contributed by atoms with Crippen LogP contribution in [0.5, 0.6) is 0 Å². The Bertz CT molecular complexity index is 611. The molecule has 7 nitrogen and oxygen atoms in total. The van der Waals surface area contributed by atoms with Crippen LogP contribution in [-0.4, -0.2) is 21.0 Å². The summed E-state index contributed by atoms with van der Waals surface area (Å²) in [5.74, 6) is 0. The monoisotopic (exact) mass is 288 g/mol. The largest absolute Gasteiger partial charge is 0.379 e. The number of nitrogens with zero attached hydrogens (tertiary/aromatic N) is 3. The predicted molar refractivity (Wildman–Crippen MR) is 82.0 cm³/mol. The van der Waals surface area contributed by atoms with Crippen LogP contribution in [0.1, 0.15) is 26.5 Å². The van der Waals surface area contributed by atoms with Crippen molar-refractivity contribution in [3.05, 3.63) is 36.2 Å². The average molecular weight is 288 g/mol. The molecule has 0 radical (unpaired) electrons. The van der Waals surface area contributed by atoms with E-state index in [1.165, 1.54) is 0 Å². The molecule has 0 bridgehead atoms. The van der Waals surface area contributed by atoms with Gasteiger partial charge in [0, 0.05) is 11.4 Å². The molecule has 4 N–H and O–H groups in total. The summed E-state index contributed by atoms with van der Waals surface area (Å²) in [6.07, 6.45) is 1.93. The van der Waals surface area contributed by atoms with Crippen molar-refractivity contribution in [3.63, 3.8) is 0 Å². The second-order valence-corrected chi connectivity index (χ2v) is 5.75. The molecule has 0 aliphatic rings. The average Bonchev–Trinajstić information content (AvgIpc) is 2.86. The van der Waals surface area contributed by atoms with Crippen molar-refractivity contribution < 1.29 is 4.79 Å². The highest BCUT2D eigenvalue weighted by Crippen LogP contribution is 2.15. The lowest BCUT2D eigenvalue weighted by Gasteiger charge is -2.17. The maximum Gasteiger partial charge on any atom is 0.316 e. The fraction of sp³-hybridized carbons (Fsp3) is 0.357. The van der Waals surface area contributed by atoms with Crippen molar-refractivity contribution in [3.8, 4) is 0 Å². The highest BCUT2D eigenvalue weighted by Gasteiger charge is 2.14. The van der Waals surface area contributed by atoms with Gasteiger partial charge in [0.25, 0.3) is 0 Å². The normalized spacial score (nSPS) is 11.2. The third-order valence-corrected chi connectivity index (χ3v) is 2.85. The molecule has 7 heteroatoms. The van der Waals surface area contributed by atoms with Gasteiger partial charge in [-0.3, -0.25) is 0 Å². The van der Waals surface area contributed by atoms with Crippen LogP contribution in [0.25, 0.3) is 0 Å². The molecular formula is C14H20N6O. The van der Waals surface area contributed by atoms with E-state index in [0.29, 0.717) is 12.2 Å². The molecule has 0 saturated heterocycles. The molecule has 1 heterocycles. The van der Waals surface area contributed by atoms with Crippen LogP contribution in [0, 0.1) is 0 Å². The van der Waals surface area contributed by atoms with Crippen molar-refractivity contribution in [2.24, 2.45) is 5.73 Å². The van der Waals surface area contributed by atoms with E-state index in [1.54, 1.807) is 12.1 Å². The minimum atomic E-state index is -0.575.